The number of pyridine rings is 2. The van der Waals surface area contributed by atoms with Crippen LogP contribution in [-0.4, -0.2) is 31.0 Å². The monoisotopic (exact) mass is 481 g/mol. The first kappa shape index (κ1) is 22.3. The predicted octanol–water partition coefficient (Wildman–Crippen LogP) is 5.32. The number of anilines is 3. The largest absolute Gasteiger partial charge is 0.433 e. The molecule has 3 aromatic heterocycles. The third-order valence-electron chi connectivity index (χ3n) is 5.93. The molecule has 0 bridgehead atoms. The van der Waals surface area contributed by atoms with Gasteiger partial charge in [0.2, 0.25) is 11.9 Å². The molecule has 0 saturated heterocycles. The Bertz CT molecular complexity index is 1200. The van der Waals surface area contributed by atoms with Gasteiger partial charge in [0.15, 0.2) is 5.82 Å². The predicted molar refractivity (Wildman–Crippen MR) is 109 cm³/mol. The summed E-state index contributed by atoms with van der Waals surface area (Å²) in [6, 6.07) is 4.29. The van der Waals surface area contributed by atoms with Gasteiger partial charge >= 0.3 is 12.4 Å². The smallest absolute Gasteiger partial charge is 0.351 e. The van der Waals surface area contributed by atoms with Crippen molar-refractivity contribution >= 4 is 17.6 Å². The second kappa shape index (κ2) is 8.06. The molecule has 34 heavy (non-hydrogen) atoms. The van der Waals surface area contributed by atoms with Crippen LogP contribution in [0.15, 0.2) is 36.7 Å². The van der Waals surface area contributed by atoms with Crippen LogP contribution in [0.4, 0.5) is 43.9 Å². The van der Waals surface area contributed by atoms with Crippen LogP contribution in [-0.2, 0) is 12.4 Å². The van der Waals surface area contributed by atoms with E-state index >= 15 is 0 Å². The molecule has 3 heterocycles. The van der Waals surface area contributed by atoms with E-state index in [0.29, 0.717) is 18.0 Å². The summed E-state index contributed by atoms with van der Waals surface area (Å²) in [5.74, 6) is 0.758. The third-order valence-corrected chi connectivity index (χ3v) is 5.93. The van der Waals surface area contributed by atoms with Crippen LogP contribution in [0.2, 0.25) is 0 Å². The van der Waals surface area contributed by atoms with Crippen molar-refractivity contribution in [2.75, 3.05) is 10.6 Å². The average molecular weight is 481 g/mol. The van der Waals surface area contributed by atoms with E-state index < -0.39 is 23.6 Å². The molecule has 0 amide bonds. The Morgan fingerprint density at radius 3 is 2.26 bits per heavy atom. The van der Waals surface area contributed by atoms with Gasteiger partial charge in [-0.15, -0.1) is 0 Å². The molecular weight excluding hydrogens is 464 g/mol. The zero-order valence-corrected chi connectivity index (χ0v) is 17.3. The summed E-state index contributed by atoms with van der Waals surface area (Å²) in [4.78, 5) is 19.7. The third kappa shape index (κ3) is 4.59. The molecule has 0 aliphatic heterocycles. The normalized spacial score (nSPS) is 21.8. The van der Waals surface area contributed by atoms with Crippen LogP contribution in [0, 0.1) is 11.8 Å². The lowest BCUT2D eigenvalue weighted by Gasteiger charge is -2.13. The molecule has 2 unspecified atom stereocenters. The highest BCUT2D eigenvalue weighted by Crippen LogP contribution is 2.53. The van der Waals surface area contributed by atoms with Crippen molar-refractivity contribution in [3.05, 3.63) is 47.9 Å². The van der Waals surface area contributed by atoms with Crippen LogP contribution in [0.25, 0.3) is 11.5 Å². The maximum atomic E-state index is 13.1. The molecule has 3 aromatic rings. The Morgan fingerprint density at radius 2 is 1.56 bits per heavy atom. The molecule has 0 spiro atoms. The first-order chi connectivity index (χ1) is 16.1. The Hall–Kier alpha value is -3.51. The van der Waals surface area contributed by atoms with E-state index in [9.17, 15) is 26.3 Å². The van der Waals surface area contributed by atoms with Gasteiger partial charge in [-0.1, -0.05) is 12.5 Å². The van der Waals surface area contributed by atoms with Crippen LogP contribution >= 0.6 is 0 Å². The summed E-state index contributed by atoms with van der Waals surface area (Å²) >= 11 is 0. The SMILES string of the molecule is FC(F)(F)c1cncc(Nc2nc(NC3C4CCCC43)nc(-c3cccc(C(F)(F)F)n3)n2)c1. The molecule has 0 radical (unpaired) electrons. The zero-order chi connectivity index (χ0) is 24.1. The number of halogens is 6. The van der Waals surface area contributed by atoms with E-state index in [-0.39, 0.29) is 35.1 Å². The summed E-state index contributed by atoms with van der Waals surface area (Å²) in [5, 5.41) is 5.83. The van der Waals surface area contributed by atoms with Crippen LogP contribution in [0.3, 0.4) is 0 Å². The van der Waals surface area contributed by atoms with E-state index in [1.54, 1.807) is 0 Å². The van der Waals surface area contributed by atoms with Crippen LogP contribution < -0.4 is 10.6 Å². The topological polar surface area (TPSA) is 88.5 Å². The number of hydrogen-bond donors (Lipinski definition) is 2. The van der Waals surface area contributed by atoms with Gasteiger partial charge in [0.1, 0.15) is 11.4 Å². The van der Waals surface area contributed by atoms with Crippen molar-refractivity contribution in [1.29, 1.82) is 0 Å². The lowest BCUT2D eigenvalue weighted by Crippen LogP contribution is -2.14. The minimum atomic E-state index is -4.67. The molecule has 2 aliphatic carbocycles. The van der Waals surface area contributed by atoms with Crippen molar-refractivity contribution in [1.82, 2.24) is 24.9 Å². The summed E-state index contributed by atoms with van der Waals surface area (Å²) in [7, 11) is 0. The lowest BCUT2D eigenvalue weighted by atomic mass is 10.2. The molecule has 0 aromatic carbocycles. The van der Waals surface area contributed by atoms with Gasteiger partial charge in [0.25, 0.3) is 0 Å². The molecule has 13 heteroatoms. The zero-order valence-electron chi connectivity index (χ0n) is 17.3. The first-order valence-electron chi connectivity index (χ1n) is 10.4. The van der Waals surface area contributed by atoms with E-state index in [1.807, 2.05) is 0 Å². The Morgan fingerprint density at radius 1 is 0.824 bits per heavy atom. The molecule has 7 nitrogen and oxygen atoms in total. The average Bonchev–Trinajstić information content (AvgIpc) is 3.18. The molecule has 2 N–H and O–H groups in total. The molecule has 2 aliphatic rings. The first-order valence-corrected chi connectivity index (χ1v) is 10.4. The molecular formula is C21H17F6N7. The maximum Gasteiger partial charge on any atom is 0.433 e. The van der Waals surface area contributed by atoms with Crippen molar-refractivity contribution in [2.24, 2.45) is 11.8 Å². The summed E-state index contributed by atoms with van der Waals surface area (Å²) in [6.45, 7) is 0. The maximum absolute atomic E-state index is 13.1. The van der Waals surface area contributed by atoms with Gasteiger partial charge < -0.3 is 10.6 Å². The number of hydrogen-bond acceptors (Lipinski definition) is 7. The van der Waals surface area contributed by atoms with Gasteiger partial charge in [-0.2, -0.15) is 41.3 Å². The minimum Gasteiger partial charge on any atom is -0.351 e. The number of alkyl halides is 6. The van der Waals surface area contributed by atoms with Gasteiger partial charge in [0.05, 0.1) is 17.4 Å². The minimum absolute atomic E-state index is 0.0433. The number of nitrogens with zero attached hydrogens (tertiary/aromatic N) is 5. The highest BCUT2D eigenvalue weighted by Gasteiger charge is 2.53. The highest BCUT2D eigenvalue weighted by atomic mass is 19.4. The Balaban J connectivity index is 1.49. The fraction of sp³-hybridized carbons (Fsp3) is 0.381. The standard InChI is InChI=1S/C21H17F6N7/c22-20(23,24)10-7-11(9-28-8-10)29-18-32-17(14-5-2-6-15(30-14)21(25,26)27)33-19(34-18)31-16-12-3-1-4-13(12)16/h2,5-9,12-13,16H,1,3-4H2,(H2,29,31,32,33,34). The fourth-order valence-corrected chi connectivity index (χ4v) is 4.31. The van der Waals surface area contributed by atoms with Crippen LogP contribution in [0.1, 0.15) is 30.5 Å². The van der Waals surface area contributed by atoms with E-state index in [1.165, 1.54) is 12.1 Å². The highest BCUT2D eigenvalue weighted by molar-refractivity contribution is 5.59. The molecule has 5 rings (SSSR count). The summed E-state index contributed by atoms with van der Waals surface area (Å²) in [6.07, 6.45) is -4.17. The molecule has 178 valence electrons. The molecule has 2 fully saturated rings. The number of aromatic nitrogens is 5. The summed E-state index contributed by atoms with van der Waals surface area (Å²) < 4.78 is 78.5. The molecule has 2 saturated carbocycles. The van der Waals surface area contributed by atoms with E-state index in [0.717, 1.165) is 37.6 Å². The number of fused-ring (bicyclic) bond motifs is 1. The van der Waals surface area contributed by atoms with Crippen molar-refractivity contribution in [3.63, 3.8) is 0 Å². The number of rotatable bonds is 5. The quantitative estimate of drug-likeness (QED) is 0.477. The second-order valence-electron chi connectivity index (χ2n) is 8.23. The van der Waals surface area contributed by atoms with Crippen molar-refractivity contribution in [2.45, 2.75) is 37.7 Å². The van der Waals surface area contributed by atoms with E-state index in [2.05, 4.69) is 35.6 Å². The Labute approximate surface area is 189 Å². The van der Waals surface area contributed by atoms with E-state index in [4.69, 9.17) is 0 Å². The van der Waals surface area contributed by atoms with Crippen molar-refractivity contribution < 1.29 is 26.3 Å². The molecule has 2 atom stereocenters. The van der Waals surface area contributed by atoms with Gasteiger partial charge in [-0.05, 0) is 42.9 Å². The second-order valence-corrected chi connectivity index (χ2v) is 8.23. The summed E-state index contributed by atoms with van der Waals surface area (Å²) in [5.41, 5.74) is -2.29. The lowest BCUT2D eigenvalue weighted by molar-refractivity contribution is -0.141. The van der Waals surface area contributed by atoms with Gasteiger partial charge in [-0.25, -0.2) is 4.98 Å². The van der Waals surface area contributed by atoms with Gasteiger partial charge in [0, 0.05) is 12.2 Å². The van der Waals surface area contributed by atoms with Crippen LogP contribution in [0.5, 0.6) is 0 Å². The van der Waals surface area contributed by atoms with Gasteiger partial charge in [-0.3, -0.25) is 4.98 Å². The number of nitrogens with one attached hydrogen (secondary N) is 2. The van der Waals surface area contributed by atoms with Crippen molar-refractivity contribution in [3.8, 4) is 11.5 Å². The fourth-order valence-electron chi connectivity index (χ4n) is 4.31. The Kier molecular flexibility index (Phi) is 5.29.